The van der Waals surface area contributed by atoms with Gasteiger partial charge in [0.25, 0.3) is 0 Å². The summed E-state index contributed by atoms with van der Waals surface area (Å²) in [6.07, 6.45) is 0. The van der Waals surface area contributed by atoms with Crippen molar-refractivity contribution in [3.05, 3.63) is 71.8 Å². The van der Waals surface area contributed by atoms with E-state index in [2.05, 4.69) is 28.5 Å². The summed E-state index contributed by atoms with van der Waals surface area (Å²) >= 11 is 0. The van der Waals surface area contributed by atoms with Crippen molar-refractivity contribution in [2.45, 2.75) is 6.61 Å². The zero-order chi connectivity index (χ0) is 17.2. The molecule has 0 amide bonds. The van der Waals surface area contributed by atoms with Crippen LogP contribution in [0.5, 0.6) is 0 Å². The van der Waals surface area contributed by atoms with Crippen molar-refractivity contribution >= 4 is 27.8 Å². The molecule has 0 fully saturated rings. The largest absolute Gasteiger partial charge is 0.465 e. The van der Waals surface area contributed by atoms with Crippen LogP contribution in [-0.4, -0.2) is 28.2 Å². The Morgan fingerprint density at radius 2 is 1.92 bits per heavy atom. The Kier molecular flexibility index (Phi) is 3.78. The molecule has 1 aromatic heterocycles. The average molecular weight is 333 g/mol. The van der Waals surface area contributed by atoms with Gasteiger partial charge in [-0.3, -0.25) is 0 Å². The van der Waals surface area contributed by atoms with Crippen LogP contribution in [0.2, 0.25) is 0 Å². The number of fused-ring (bicyclic) bond motifs is 2. The Labute approximate surface area is 143 Å². The van der Waals surface area contributed by atoms with Gasteiger partial charge >= 0.3 is 5.97 Å². The second kappa shape index (κ2) is 6.24. The molecule has 4 rings (SSSR count). The van der Waals surface area contributed by atoms with Crippen molar-refractivity contribution in [3.8, 4) is 0 Å². The van der Waals surface area contributed by atoms with Gasteiger partial charge in [0.15, 0.2) is 0 Å². The van der Waals surface area contributed by atoms with E-state index in [-0.39, 0.29) is 0 Å². The number of benzene rings is 3. The normalized spacial score (nSPS) is 10.9. The minimum atomic E-state index is -0.413. The number of carbonyl (C=O) groups is 1. The fraction of sp³-hybridized carbons (Fsp3) is 0.105. The van der Waals surface area contributed by atoms with Gasteiger partial charge < -0.3 is 9.57 Å². The number of esters is 1. The highest BCUT2D eigenvalue weighted by Gasteiger charge is 2.11. The van der Waals surface area contributed by atoms with E-state index < -0.39 is 5.97 Å². The van der Waals surface area contributed by atoms with E-state index in [1.54, 1.807) is 18.2 Å². The summed E-state index contributed by atoms with van der Waals surface area (Å²) in [5, 5.41) is 10.3. The van der Waals surface area contributed by atoms with Gasteiger partial charge in [0.2, 0.25) is 0 Å². The van der Waals surface area contributed by atoms with E-state index in [9.17, 15) is 4.79 Å². The summed E-state index contributed by atoms with van der Waals surface area (Å²) in [7, 11) is 1.35. The smallest absolute Gasteiger partial charge is 0.337 e. The maximum absolute atomic E-state index is 11.7. The molecule has 6 nitrogen and oxygen atoms in total. The molecule has 1 heterocycles. The lowest BCUT2D eigenvalue weighted by Gasteiger charge is -2.08. The zero-order valence-electron chi connectivity index (χ0n) is 13.5. The minimum absolute atomic E-state index is 0.336. The highest BCUT2D eigenvalue weighted by Crippen LogP contribution is 2.19. The van der Waals surface area contributed by atoms with Crippen LogP contribution in [0.4, 0.5) is 0 Å². The molecule has 6 heteroatoms. The van der Waals surface area contributed by atoms with Crippen LogP contribution in [0.1, 0.15) is 15.9 Å². The van der Waals surface area contributed by atoms with Crippen LogP contribution in [0.3, 0.4) is 0 Å². The number of rotatable bonds is 4. The van der Waals surface area contributed by atoms with E-state index in [0.29, 0.717) is 23.2 Å². The third-order valence-corrected chi connectivity index (χ3v) is 4.06. The highest BCUT2D eigenvalue weighted by atomic mass is 16.7. The minimum Gasteiger partial charge on any atom is -0.465 e. The second-order valence-electron chi connectivity index (χ2n) is 5.57. The summed E-state index contributed by atoms with van der Waals surface area (Å²) in [6, 6.07) is 19.2. The standard InChI is InChI=1S/C19H15N3O3/c1-24-19(23)14-9-10-17-18(11-14)22(21-20-17)25-12-15-7-4-6-13-5-2-3-8-16(13)15/h2-11H,12H2,1H3. The predicted molar refractivity (Wildman–Crippen MR) is 93.1 cm³/mol. The van der Waals surface area contributed by atoms with Crippen molar-refractivity contribution in [2.24, 2.45) is 0 Å². The molecule has 0 saturated heterocycles. The second-order valence-corrected chi connectivity index (χ2v) is 5.57. The first-order valence-corrected chi connectivity index (χ1v) is 7.80. The van der Waals surface area contributed by atoms with Crippen molar-refractivity contribution in [3.63, 3.8) is 0 Å². The molecular weight excluding hydrogens is 318 g/mol. The Hall–Kier alpha value is -3.41. The number of nitrogens with zero attached hydrogens (tertiary/aromatic N) is 3. The van der Waals surface area contributed by atoms with Crippen LogP contribution >= 0.6 is 0 Å². The maximum atomic E-state index is 11.7. The lowest BCUT2D eigenvalue weighted by molar-refractivity contribution is 0.0600. The summed E-state index contributed by atoms with van der Waals surface area (Å²) in [6.45, 7) is 0.336. The predicted octanol–water partition coefficient (Wildman–Crippen LogP) is 3.00. The maximum Gasteiger partial charge on any atom is 0.337 e. The van der Waals surface area contributed by atoms with Crippen LogP contribution in [-0.2, 0) is 11.3 Å². The Bertz CT molecular complexity index is 1070. The summed E-state index contributed by atoms with van der Waals surface area (Å²) < 4.78 is 4.75. The fourth-order valence-electron chi connectivity index (χ4n) is 2.79. The van der Waals surface area contributed by atoms with Crippen LogP contribution in [0.25, 0.3) is 21.8 Å². The van der Waals surface area contributed by atoms with Gasteiger partial charge in [-0.1, -0.05) is 47.3 Å². The first kappa shape index (κ1) is 15.1. The van der Waals surface area contributed by atoms with Gasteiger partial charge in [-0.15, -0.1) is 5.10 Å². The molecule has 0 aliphatic heterocycles. The van der Waals surface area contributed by atoms with E-state index in [1.165, 1.54) is 12.0 Å². The van der Waals surface area contributed by atoms with E-state index in [4.69, 9.17) is 9.57 Å². The van der Waals surface area contributed by atoms with Crippen LogP contribution < -0.4 is 4.84 Å². The quantitative estimate of drug-likeness (QED) is 0.537. The van der Waals surface area contributed by atoms with E-state index >= 15 is 0 Å². The summed E-state index contributed by atoms with van der Waals surface area (Å²) in [5.74, 6) is -0.413. The van der Waals surface area contributed by atoms with Crippen molar-refractivity contribution in [1.82, 2.24) is 15.2 Å². The molecule has 0 radical (unpaired) electrons. The molecule has 0 bridgehead atoms. The van der Waals surface area contributed by atoms with Crippen molar-refractivity contribution in [2.75, 3.05) is 7.11 Å². The Morgan fingerprint density at radius 1 is 1.08 bits per heavy atom. The number of aromatic nitrogens is 3. The molecule has 0 aliphatic rings. The topological polar surface area (TPSA) is 66.2 Å². The van der Waals surface area contributed by atoms with Gasteiger partial charge in [0, 0.05) is 0 Å². The molecule has 25 heavy (non-hydrogen) atoms. The van der Waals surface area contributed by atoms with Crippen molar-refractivity contribution < 1.29 is 14.4 Å². The van der Waals surface area contributed by atoms with Gasteiger partial charge in [0.1, 0.15) is 17.6 Å². The third-order valence-electron chi connectivity index (χ3n) is 4.06. The fourth-order valence-corrected chi connectivity index (χ4v) is 2.79. The van der Waals surface area contributed by atoms with E-state index in [1.807, 2.05) is 24.3 Å². The number of ether oxygens (including phenoxy) is 1. The molecule has 0 saturated carbocycles. The Morgan fingerprint density at radius 3 is 2.80 bits per heavy atom. The SMILES string of the molecule is COC(=O)c1ccc2nnn(OCc3cccc4ccccc34)c2c1. The van der Waals surface area contributed by atoms with Crippen LogP contribution in [0.15, 0.2) is 60.7 Å². The molecular formula is C19H15N3O3. The zero-order valence-corrected chi connectivity index (χ0v) is 13.5. The third kappa shape index (κ3) is 2.78. The summed E-state index contributed by atoms with van der Waals surface area (Å²) in [5.41, 5.74) is 2.73. The molecule has 4 aromatic rings. The highest BCUT2D eigenvalue weighted by molar-refractivity contribution is 5.93. The van der Waals surface area contributed by atoms with Gasteiger partial charge in [0.05, 0.1) is 12.7 Å². The molecule has 0 unspecified atom stereocenters. The molecule has 124 valence electrons. The number of carbonyl (C=O) groups excluding carboxylic acids is 1. The molecule has 0 spiro atoms. The first-order valence-electron chi connectivity index (χ1n) is 7.80. The van der Waals surface area contributed by atoms with Crippen molar-refractivity contribution in [1.29, 1.82) is 0 Å². The number of hydrogen-bond donors (Lipinski definition) is 0. The molecule has 0 N–H and O–H groups in total. The molecule has 3 aromatic carbocycles. The molecule has 0 atom stereocenters. The monoisotopic (exact) mass is 333 g/mol. The first-order chi connectivity index (χ1) is 12.3. The van der Waals surface area contributed by atoms with E-state index in [0.717, 1.165) is 16.3 Å². The van der Waals surface area contributed by atoms with Crippen LogP contribution in [0, 0.1) is 0 Å². The lowest BCUT2D eigenvalue weighted by Crippen LogP contribution is -2.13. The number of methoxy groups -OCH3 is 1. The van der Waals surface area contributed by atoms with Gasteiger partial charge in [-0.2, -0.15) is 0 Å². The lowest BCUT2D eigenvalue weighted by atomic mass is 10.1. The van der Waals surface area contributed by atoms with Gasteiger partial charge in [-0.25, -0.2) is 4.79 Å². The molecule has 0 aliphatic carbocycles. The van der Waals surface area contributed by atoms with Gasteiger partial charge in [-0.05, 0) is 39.7 Å². The summed E-state index contributed by atoms with van der Waals surface area (Å²) in [4.78, 5) is 18.9. The Balaban J connectivity index is 1.65. The number of hydrogen-bond acceptors (Lipinski definition) is 5. The average Bonchev–Trinajstić information content (AvgIpc) is 3.08.